The molecule has 1 saturated heterocycles. The average molecular weight is 609 g/mol. The zero-order valence-corrected chi connectivity index (χ0v) is 24.9. The lowest BCUT2D eigenvalue weighted by atomic mass is 9.96. The molecule has 226 valence electrons. The Morgan fingerprint density at radius 2 is 1.77 bits per heavy atom. The molecular weight excluding hydrogens is 574 g/mol. The number of piperidine rings is 1. The first-order chi connectivity index (χ1) is 20.6. The third-order valence-electron chi connectivity index (χ3n) is 8.00. The molecule has 3 aromatic rings. The number of rotatable bonds is 7. The number of carbonyl (C=O) groups is 3. The van der Waals surface area contributed by atoms with Crippen molar-refractivity contribution in [3.8, 4) is 10.6 Å². The molecule has 2 aliphatic rings. The Hall–Kier alpha value is -3.96. The summed E-state index contributed by atoms with van der Waals surface area (Å²) in [7, 11) is 0. The predicted octanol–water partition coefficient (Wildman–Crippen LogP) is 5.63. The van der Waals surface area contributed by atoms with Crippen LogP contribution < -0.4 is 10.2 Å². The summed E-state index contributed by atoms with van der Waals surface area (Å²) in [6.45, 7) is 3.94. The standard InChI is InChI=1S/C32H34F2N4O4S/c1-3-25(31(41)42)36-22-13-16-37(17-14-22)27(39)19-24-23-11-7-8-12-26(23)38(18-15-32(24,33)34)30(40)28-20(2)35-29(43-28)21-9-5-4-6-10-21/h4-12,19,22,25,36H,3,13-18H2,1-2H3,(H,41,42)/b24-19-. The van der Waals surface area contributed by atoms with Gasteiger partial charge in [0.05, 0.1) is 11.4 Å². The number of nitrogens with zero attached hydrogens (tertiary/aromatic N) is 3. The topological polar surface area (TPSA) is 103 Å². The fraction of sp³-hybridized carbons (Fsp3) is 0.375. The van der Waals surface area contributed by atoms with Crippen LogP contribution >= 0.6 is 11.3 Å². The van der Waals surface area contributed by atoms with Gasteiger partial charge in [0.1, 0.15) is 15.9 Å². The molecule has 11 heteroatoms. The summed E-state index contributed by atoms with van der Waals surface area (Å²) in [6, 6.07) is 15.2. The molecule has 0 spiro atoms. The molecule has 43 heavy (non-hydrogen) atoms. The molecular formula is C32H34F2N4O4S. The molecule has 2 aliphatic heterocycles. The molecule has 1 atom stereocenters. The Kier molecular flexibility index (Phi) is 9.03. The highest BCUT2D eigenvalue weighted by molar-refractivity contribution is 7.17. The van der Waals surface area contributed by atoms with E-state index in [1.165, 1.54) is 27.2 Å². The van der Waals surface area contributed by atoms with Crippen LogP contribution in [0.5, 0.6) is 0 Å². The minimum absolute atomic E-state index is 0.0741. The minimum atomic E-state index is -3.35. The van der Waals surface area contributed by atoms with Crippen molar-refractivity contribution in [3.05, 3.63) is 76.8 Å². The van der Waals surface area contributed by atoms with Crippen molar-refractivity contribution >= 4 is 40.4 Å². The molecule has 8 nitrogen and oxygen atoms in total. The number of hydrogen-bond acceptors (Lipinski definition) is 6. The minimum Gasteiger partial charge on any atom is -0.480 e. The van der Waals surface area contributed by atoms with Crippen LogP contribution in [0.2, 0.25) is 0 Å². The van der Waals surface area contributed by atoms with Gasteiger partial charge in [-0.25, -0.2) is 13.8 Å². The number of aliphatic carboxylic acids is 1. The van der Waals surface area contributed by atoms with Gasteiger partial charge >= 0.3 is 5.97 Å². The van der Waals surface area contributed by atoms with E-state index in [1.54, 1.807) is 32.0 Å². The molecule has 0 bridgehead atoms. The van der Waals surface area contributed by atoms with E-state index >= 15 is 8.78 Å². The van der Waals surface area contributed by atoms with Crippen molar-refractivity contribution in [1.29, 1.82) is 0 Å². The van der Waals surface area contributed by atoms with E-state index in [2.05, 4.69) is 10.3 Å². The van der Waals surface area contributed by atoms with E-state index in [0.717, 1.165) is 11.6 Å². The number of carboxylic acids is 1. The van der Waals surface area contributed by atoms with Crippen LogP contribution in [-0.4, -0.2) is 70.4 Å². The molecule has 2 aromatic carbocycles. The predicted molar refractivity (Wildman–Crippen MR) is 162 cm³/mol. The van der Waals surface area contributed by atoms with Gasteiger partial charge < -0.3 is 20.2 Å². The highest BCUT2D eigenvalue weighted by atomic mass is 32.1. The molecule has 1 unspecified atom stereocenters. The van der Waals surface area contributed by atoms with Gasteiger partial charge in [0.2, 0.25) is 5.91 Å². The molecule has 0 aliphatic carbocycles. The molecule has 2 amide bonds. The smallest absolute Gasteiger partial charge is 0.320 e. The number of halogens is 2. The Bertz CT molecular complexity index is 1530. The molecule has 3 heterocycles. The molecule has 1 fully saturated rings. The number of nitrogens with one attached hydrogen (secondary N) is 1. The fourth-order valence-corrected chi connectivity index (χ4v) is 6.61. The SMILES string of the molecule is CCC(NC1CCN(C(=O)/C=C2/c3ccccc3N(C(=O)c3sc(-c4ccccc4)nc3C)CCC2(F)F)CC1)C(=O)O. The highest BCUT2D eigenvalue weighted by Crippen LogP contribution is 2.44. The van der Waals surface area contributed by atoms with Gasteiger partial charge in [-0.3, -0.25) is 14.4 Å². The van der Waals surface area contributed by atoms with Crippen LogP contribution in [0.15, 0.2) is 60.7 Å². The number of alkyl halides is 2. The largest absolute Gasteiger partial charge is 0.480 e. The van der Waals surface area contributed by atoms with Gasteiger partial charge in [0.25, 0.3) is 11.8 Å². The highest BCUT2D eigenvalue weighted by Gasteiger charge is 2.42. The van der Waals surface area contributed by atoms with Crippen molar-refractivity contribution in [3.63, 3.8) is 0 Å². The maximum Gasteiger partial charge on any atom is 0.320 e. The van der Waals surface area contributed by atoms with Gasteiger partial charge in [-0.05, 0) is 32.3 Å². The van der Waals surface area contributed by atoms with Crippen LogP contribution in [-0.2, 0) is 9.59 Å². The molecule has 5 rings (SSSR count). The summed E-state index contributed by atoms with van der Waals surface area (Å²) in [4.78, 5) is 46.4. The van der Waals surface area contributed by atoms with Crippen molar-refractivity contribution in [1.82, 2.24) is 15.2 Å². The lowest BCUT2D eigenvalue weighted by molar-refractivity contribution is -0.140. The molecule has 0 radical (unpaired) electrons. The molecule has 0 saturated carbocycles. The normalized spacial score (nSPS) is 18.7. The Morgan fingerprint density at radius 1 is 1.09 bits per heavy atom. The van der Waals surface area contributed by atoms with Crippen molar-refractivity contribution in [2.45, 2.75) is 57.5 Å². The van der Waals surface area contributed by atoms with E-state index < -0.39 is 41.7 Å². The summed E-state index contributed by atoms with van der Waals surface area (Å²) in [5.74, 6) is -5.21. The van der Waals surface area contributed by atoms with Crippen molar-refractivity contribution in [2.75, 3.05) is 24.5 Å². The van der Waals surface area contributed by atoms with Gasteiger partial charge in [-0.2, -0.15) is 0 Å². The third kappa shape index (κ3) is 6.52. The number of amides is 2. The Morgan fingerprint density at radius 3 is 2.44 bits per heavy atom. The number of aryl methyl sites for hydroxylation is 1. The van der Waals surface area contributed by atoms with Crippen LogP contribution in [0.4, 0.5) is 14.5 Å². The number of fused-ring (bicyclic) bond motifs is 1. The quantitative estimate of drug-likeness (QED) is 0.337. The first kappa shape index (κ1) is 30.5. The monoisotopic (exact) mass is 608 g/mol. The summed E-state index contributed by atoms with van der Waals surface area (Å²) in [6.07, 6.45) is 1.85. The average Bonchev–Trinajstić information content (AvgIpc) is 3.36. The van der Waals surface area contributed by atoms with E-state index in [-0.39, 0.29) is 18.2 Å². The lowest BCUT2D eigenvalue weighted by Gasteiger charge is -2.33. The van der Waals surface area contributed by atoms with Gasteiger partial charge in [-0.1, -0.05) is 55.5 Å². The number of hydrogen-bond donors (Lipinski definition) is 2. The Labute approximate surface area is 253 Å². The maximum atomic E-state index is 15.7. The summed E-state index contributed by atoms with van der Waals surface area (Å²) >= 11 is 1.23. The second kappa shape index (κ2) is 12.7. The van der Waals surface area contributed by atoms with Crippen LogP contribution in [0, 0.1) is 6.92 Å². The molecule has 2 N–H and O–H groups in total. The number of aromatic nitrogens is 1. The fourth-order valence-electron chi connectivity index (χ4n) is 5.59. The number of likely N-dealkylation sites (tertiary alicyclic amines) is 1. The van der Waals surface area contributed by atoms with E-state index in [9.17, 15) is 19.5 Å². The van der Waals surface area contributed by atoms with Crippen LogP contribution in [0.3, 0.4) is 0 Å². The summed E-state index contributed by atoms with van der Waals surface area (Å²) in [5.41, 5.74) is 1.44. The zero-order valence-electron chi connectivity index (χ0n) is 24.1. The summed E-state index contributed by atoms with van der Waals surface area (Å²) in [5, 5.41) is 13.1. The number of thiazole rings is 1. The number of carboxylic acid groups (broad SMARTS) is 1. The lowest BCUT2D eigenvalue weighted by Crippen LogP contribution is -2.49. The first-order valence-corrected chi connectivity index (χ1v) is 15.2. The number of anilines is 1. The van der Waals surface area contributed by atoms with Gasteiger partial charge in [0, 0.05) is 54.9 Å². The van der Waals surface area contributed by atoms with Crippen molar-refractivity contribution < 1.29 is 28.3 Å². The Balaban J connectivity index is 1.39. The number of allylic oxidation sites excluding steroid dienone is 1. The second-order valence-corrected chi connectivity index (χ2v) is 11.9. The van der Waals surface area contributed by atoms with E-state index in [1.807, 2.05) is 30.3 Å². The van der Waals surface area contributed by atoms with Crippen LogP contribution in [0.25, 0.3) is 16.1 Å². The molecule has 1 aromatic heterocycles. The van der Waals surface area contributed by atoms with Crippen LogP contribution in [0.1, 0.15) is 53.5 Å². The number of para-hydroxylation sites is 1. The van der Waals surface area contributed by atoms with Gasteiger partial charge in [-0.15, -0.1) is 11.3 Å². The third-order valence-corrected chi connectivity index (χ3v) is 9.20. The van der Waals surface area contributed by atoms with E-state index in [4.69, 9.17) is 0 Å². The number of benzene rings is 2. The summed E-state index contributed by atoms with van der Waals surface area (Å²) < 4.78 is 31.5. The maximum absolute atomic E-state index is 15.7. The first-order valence-electron chi connectivity index (χ1n) is 14.4. The van der Waals surface area contributed by atoms with Crippen molar-refractivity contribution in [2.24, 2.45) is 0 Å². The number of carbonyl (C=O) groups excluding carboxylic acids is 2. The van der Waals surface area contributed by atoms with Gasteiger partial charge in [0.15, 0.2) is 0 Å². The zero-order chi connectivity index (χ0) is 30.7. The second-order valence-electron chi connectivity index (χ2n) is 10.9. The van der Waals surface area contributed by atoms with E-state index in [0.29, 0.717) is 53.6 Å².